The van der Waals surface area contributed by atoms with Gasteiger partial charge in [-0.05, 0) is 47.4 Å². The molecule has 1 saturated heterocycles. The summed E-state index contributed by atoms with van der Waals surface area (Å²) in [6, 6.07) is 21.3. The Balaban J connectivity index is 1.48. The van der Waals surface area contributed by atoms with Crippen LogP contribution in [-0.4, -0.2) is 36.5 Å². The number of hydrogen-bond donors (Lipinski definition) is 1. The Morgan fingerprint density at radius 3 is 2.69 bits per heavy atom. The monoisotopic (exact) mass is 388 g/mol. The van der Waals surface area contributed by atoms with Crippen LogP contribution in [0, 0.1) is 0 Å². The molecule has 1 N–H and O–H groups in total. The van der Waals surface area contributed by atoms with Crippen LogP contribution in [0.25, 0.3) is 10.8 Å². The lowest BCUT2D eigenvalue weighted by molar-refractivity contribution is -0.124. The molecule has 148 valence electrons. The fourth-order valence-electron chi connectivity index (χ4n) is 3.72. The zero-order valence-electron chi connectivity index (χ0n) is 16.4. The van der Waals surface area contributed by atoms with Crippen molar-refractivity contribution in [3.8, 4) is 0 Å². The maximum Gasteiger partial charge on any atom is 0.253 e. The first-order chi connectivity index (χ1) is 14.1. The second-order valence-corrected chi connectivity index (χ2v) is 7.37. The summed E-state index contributed by atoms with van der Waals surface area (Å²) in [6.45, 7) is 1.13. The van der Waals surface area contributed by atoms with E-state index in [9.17, 15) is 9.59 Å². The number of ether oxygens (including phenoxy) is 1. The molecule has 0 aliphatic carbocycles. The van der Waals surface area contributed by atoms with Gasteiger partial charge in [0.25, 0.3) is 11.8 Å². The van der Waals surface area contributed by atoms with Crippen molar-refractivity contribution in [2.24, 2.45) is 0 Å². The van der Waals surface area contributed by atoms with Gasteiger partial charge in [-0.3, -0.25) is 9.59 Å². The Morgan fingerprint density at radius 1 is 1.07 bits per heavy atom. The topological polar surface area (TPSA) is 58.6 Å². The third-order valence-electron chi connectivity index (χ3n) is 5.23. The predicted octanol–water partition coefficient (Wildman–Crippen LogP) is 4.23. The molecule has 5 heteroatoms. The minimum absolute atomic E-state index is 0.0915. The summed E-state index contributed by atoms with van der Waals surface area (Å²) in [5, 5.41) is 5.16. The largest absolute Gasteiger partial charge is 0.368 e. The van der Waals surface area contributed by atoms with Gasteiger partial charge in [-0.15, -0.1) is 0 Å². The summed E-state index contributed by atoms with van der Waals surface area (Å²) < 4.78 is 5.42. The second kappa shape index (κ2) is 8.45. The van der Waals surface area contributed by atoms with Gasteiger partial charge in [0.05, 0.1) is 0 Å². The van der Waals surface area contributed by atoms with Gasteiger partial charge in [0.1, 0.15) is 6.10 Å². The van der Waals surface area contributed by atoms with Crippen LogP contribution in [0.5, 0.6) is 0 Å². The minimum Gasteiger partial charge on any atom is -0.368 e. The Labute approximate surface area is 170 Å². The highest BCUT2D eigenvalue weighted by molar-refractivity contribution is 5.98. The average molecular weight is 388 g/mol. The SMILES string of the molecule is CN(Cc1cccc2ccccc12)C(=O)c1cccc(NC(=O)C2CCCO2)c1. The van der Waals surface area contributed by atoms with Crippen molar-refractivity contribution >= 4 is 28.3 Å². The lowest BCUT2D eigenvalue weighted by Crippen LogP contribution is -2.28. The van der Waals surface area contributed by atoms with Gasteiger partial charge in [-0.2, -0.15) is 0 Å². The van der Waals surface area contributed by atoms with Crippen LogP contribution < -0.4 is 5.32 Å². The molecule has 0 spiro atoms. The molecule has 5 nitrogen and oxygen atoms in total. The Bertz CT molecular complexity index is 1040. The lowest BCUT2D eigenvalue weighted by atomic mass is 10.0. The van der Waals surface area contributed by atoms with E-state index in [2.05, 4.69) is 23.5 Å². The number of carbonyl (C=O) groups excluding carboxylic acids is 2. The lowest BCUT2D eigenvalue weighted by Gasteiger charge is -2.19. The van der Waals surface area contributed by atoms with E-state index in [1.54, 1.807) is 36.2 Å². The van der Waals surface area contributed by atoms with Crippen molar-refractivity contribution in [2.45, 2.75) is 25.5 Å². The number of hydrogen-bond acceptors (Lipinski definition) is 3. The van der Waals surface area contributed by atoms with Gasteiger partial charge in [-0.25, -0.2) is 0 Å². The number of fused-ring (bicyclic) bond motifs is 1. The molecular formula is C24H24N2O3. The maximum atomic E-state index is 13.0. The summed E-state index contributed by atoms with van der Waals surface area (Å²) in [5.41, 5.74) is 2.24. The molecule has 1 fully saturated rings. The number of nitrogens with zero attached hydrogens (tertiary/aromatic N) is 1. The van der Waals surface area contributed by atoms with E-state index in [0.717, 1.165) is 29.2 Å². The third kappa shape index (κ3) is 4.30. The van der Waals surface area contributed by atoms with Crippen LogP contribution in [0.2, 0.25) is 0 Å². The first-order valence-electron chi connectivity index (χ1n) is 9.86. The van der Waals surface area contributed by atoms with E-state index in [-0.39, 0.29) is 11.8 Å². The molecule has 0 radical (unpaired) electrons. The maximum absolute atomic E-state index is 13.0. The molecule has 29 heavy (non-hydrogen) atoms. The molecule has 0 bridgehead atoms. The quantitative estimate of drug-likeness (QED) is 0.712. The van der Waals surface area contributed by atoms with Crippen LogP contribution in [0.4, 0.5) is 5.69 Å². The summed E-state index contributed by atoms with van der Waals surface area (Å²) in [6.07, 6.45) is 1.23. The van der Waals surface area contributed by atoms with Crippen molar-refractivity contribution in [3.05, 3.63) is 77.9 Å². The second-order valence-electron chi connectivity index (χ2n) is 7.37. The van der Waals surface area contributed by atoms with Crippen LogP contribution in [-0.2, 0) is 16.1 Å². The number of nitrogens with one attached hydrogen (secondary N) is 1. The van der Waals surface area contributed by atoms with E-state index >= 15 is 0 Å². The molecule has 2 amide bonds. The molecule has 1 aliphatic heterocycles. The molecule has 1 aliphatic rings. The molecule has 1 atom stereocenters. The van der Waals surface area contributed by atoms with Gasteiger partial charge in [0.2, 0.25) is 0 Å². The van der Waals surface area contributed by atoms with Crippen molar-refractivity contribution < 1.29 is 14.3 Å². The van der Waals surface area contributed by atoms with Crippen LogP contribution in [0.15, 0.2) is 66.7 Å². The van der Waals surface area contributed by atoms with E-state index in [0.29, 0.717) is 24.4 Å². The van der Waals surface area contributed by atoms with E-state index in [1.165, 1.54) is 0 Å². The van der Waals surface area contributed by atoms with Crippen molar-refractivity contribution in [3.63, 3.8) is 0 Å². The van der Waals surface area contributed by atoms with E-state index < -0.39 is 6.10 Å². The van der Waals surface area contributed by atoms with E-state index in [1.807, 2.05) is 24.3 Å². The van der Waals surface area contributed by atoms with Gasteiger partial charge in [-0.1, -0.05) is 48.5 Å². The number of carbonyl (C=O) groups is 2. The van der Waals surface area contributed by atoms with Crippen LogP contribution in [0.3, 0.4) is 0 Å². The van der Waals surface area contributed by atoms with Gasteiger partial charge >= 0.3 is 0 Å². The van der Waals surface area contributed by atoms with Crippen molar-refractivity contribution in [1.29, 1.82) is 0 Å². The zero-order chi connectivity index (χ0) is 20.2. The number of anilines is 1. The minimum atomic E-state index is -0.400. The Kier molecular flexibility index (Phi) is 5.58. The summed E-state index contributed by atoms with van der Waals surface area (Å²) in [7, 11) is 1.79. The molecule has 4 rings (SSSR count). The van der Waals surface area contributed by atoms with Crippen LogP contribution in [0.1, 0.15) is 28.8 Å². The zero-order valence-corrected chi connectivity index (χ0v) is 16.4. The Hall–Kier alpha value is -3.18. The normalized spacial score (nSPS) is 16.0. The third-order valence-corrected chi connectivity index (χ3v) is 5.23. The fourth-order valence-corrected chi connectivity index (χ4v) is 3.72. The average Bonchev–Trinajstić information content (AvgIpc) is 3.29. The highest BCUT2D eigenvalue weighted by Gasteiger charge is 2.23. The highest BCUT2D eigenvalue weighted by atomic mass is 16.5. The van der Waals surface area contributed by atoms with E-state index in [4.69, 9.17) is 4.74 Å². The molecule has 0 aromatic heterocycles. The summed E-state index contributed by atoms with van der Waals surface area (Å²) in [5.74, 6) is -0.248. The number of benzene rings is 3. The Morgan fingerprint density at radius 2 is 1.86 bits per heavy atom. The first kappa shape index (κ1) is 19.2. The van der Waals surface area contributed by atoms with Gasteiger partial charge < -0.3 is 15.0 Å². The molecule has 3 aromatic carbocycles. The fraction of sp³-hybridized carbons (Fsp3) is 0.250. The van der Waals surface area contributed by atoms with Gasteiger partial charge in [0, 0.05) is 31.5 Å². The first-order valence-corrected chi connectivity index (χ1v) is 9.86. The predicted molar refractivity (Wildman–Crippen MR) is 114 cm³/mol. The summed E-state index contributed by atoms with van der Waals surface area (Å²) >= 11 is 0. The highest BCUT2D eigenvalue weighted by Crippen LogP contribution is 2.21. The summed E-state index contributed by atoms with van der Waals surface area (Å²) in [4.78, 5) is 26.9. The van der Waals surface area contributed by atoms with Crippen molar-refractivity contribution in [1.82, 2.24) is 4.90 Å². The molecule has 0 saturated carbocycles. The number of amides is 2. The molecule has 1 unspecified atom stereocenters. The van der Waals surface area contributed by atoms with Gasteiger partial charge in [0.15, 0.2) is 0 Å². The molecular weight excluding hydrogens is 364 g/mol. The standard InChI is InChI=1S/C24H24N2O3/c1-26(16-19-10-4-8-17-7-2-3-12-21(17)19)24(28)18-9-5-11-20(15-18)25-23(27)22-13-6-14-29-22/h2-5,7-12,15,22H,6,13-14,16H2,1H3,(H,25,27). The van der Waals surface area contributed by atoms with Crippen molar-refractivity contribution in [2.75, 3.05) is 19.0 Å². The smallest absolute Gasteiger partial charge is 0.253 e. The van der Waals surface area contributed by atoms with Crippen LogP contribution >= 0.6 is 0 Å². The number of rotatable bonds is 5. The molecule has 3 aromatic rings. The molecule has 1 heterocycles.